The van der Waals surface area contributed by atoms with Gasteiger partial charge in [0.2, 0.25) is 0 Å². The zero-order valence-corrected chi connectivity index (χ0v) is 8.87. The Labute approximate surface area is 95.5 Å². The highest BCUT2D eigenvalue weighted by atomic mass is 19.2. The molecule has 1 rings (SSSR count). The molecular weight excluding hydrogens is 234 g/mol. The molecule has 0 radical (unpaired) electrons. The smallest absolute Gasteiger partial charge is 0.318 e. The molecule has 0 aliphatic heterocycles. The Morgan fingerprint density at radius 3 is 2.53 bits per heavy atom. The Balaban J connectivity index is 2.67. The number of benzene rings is 1. The Morgan fingerprint density at radius 1 is 1.35 bits per heavy atom. The quantitative estimate of drug-likeness (QED) is 0.829. The van der Waals surface area contributed by atoms with Crippen LogP contribution in [0, 0.1) is 11.6 Å². The number of hydrogen-bond donors (Lipinski definition) is 2. The van der Waals surface area contributed by atoms with E-state index in [9.17, 15) is 18.4 Å². The average Bonchev–Trinajstić information content (AvgIpc) is 2.22. The fourth-order valence-corrected chi connectivity index (χ4v) is 1.03. The van der Waals surface area contributed by atoms with Crippen molar-refractivity contribution in [2.75, 3.05) is 0 Å². The monoisotopic (exact) mass is 244 g/mol. The van der Waals surface area contributed by atoms with Crippen LogP contribution in [0.4, 0.5) is 13.6 Å². The average molecular weight is 244 g/mol. The van der Waals surface area contributed by atoms with Gasteiger partial charge in [0, 0.05) is 6.07 Å². The van der Waals surface area contributed by atoms with Gasteiger partial charge in [0.05, 0.1) is 0 Å². The Kier molecular flexibility index (Phi) is 3.97. The lowest BCUT2D eigenvalue weighted by molar-refractivity contribution is -0.126. The second kappa shape index (κ2) is 5.24. The van der Waals surface area contributed by atoms with Crippen LogP contribution in [0.5, 0.6) is 5.75 Å². The third-order valence-corrected chi connectivity index (χ3v) is 1.82. The van der Waals surface area contributed by atoms with Gasteiger partial charge in [-0.05, 0) is 19.1 Å². The van der Waals surface area contributed by atoms with Gasteiger partial charge in [0.1, 0.15) is 5.75 Å². The predicted octanol–water partition coefficient (Wildman–Crippen LogP) is 0.927. The van der Waals surface area contributed by atoms with Gasteiger partial charge in [0.25, 0.3) is 5.91 Å². The van der Waals surface area contributed by atoms with E-state index in [0.717, 1.165) is 18.2 Å². The van der Waals surface area contributed by atoms with E-state index in [2.05, 4.69) is 0 Å². The maximum atomic E-state index is 12.8. The summed E-state index contributed by atoms with van der Waals surface area (Å²) < 4.78 is 30.4. The number of carbonyl (C=O) groups excluding carboxylic acids is 2. The number of rotatable bonds is 3. The number of nitrogens with one attached hydrogen (secondary N) is 1. The molecular formula is C10H10F2N2O3. The molecule has 0 aromatic heterocycles. The predicted molar refractivity (Wildman–Crippen MR) is 54.2 cm³/mol. The molecule has 7 heteroatoms. The van der Waals surface area contributed by atoms with Gasteiger partial charge in [-0.25, -0.2) is 13.6 Å². The van der Waals surface area contributed by atoms with Crippen molar-refractivity contribution in [1.82, 2.24) is 5.32 Å². The van der Waals surface area contributed by atoms with Gasteiger partial charge >= 0.3 is 6.03 Å². The van der Waals surface area contributed by atoms with E-state index < -0.39 is 29.7 Å². The summed E-state index contributed by atoms with van der Waals surface area (Å²) in [5.41, 5.74) is 4.73. The molecule has 0 saturated heterocycles. The van der Waals surface area contributed by atoms with Crippen LogP contribution in [-0.4, -0.2) is 18.0 Å². The molecule has 0 spiro atoms. The van der Waals surface area contributed by atoms with Gasteiger partial charge in [-0.3, -0.25) is 10.1 Å². The number of amides is 3. The molecule has 0 aliphatic carbocycles. The fraction of sp³-hybridized carbons (Fsp3) is 0.200. The number of halogens is 2. The standard InChI is InChI=1S/C10H10F2N2O3/c1-5(9(15)14-10(13)16)17-6-2-3-7(11)8(12)4-6/h2-5H,1H3,(H3,13,14,15,16)/t5-/m0/s1. The normalized spacial score (nSPS) is 11.7. The van der Waals surface area contributed by atoms with Gasteiger partial charge in [0.15, 0.2) is 17.7 Å². The van der Waals surface area contributed by atoms with Gasteiger partial charge in [-0.15, -0.1) is 0 Å². The van der Waals surface area contributed by atoms with Crippen LogP contribution in [0.3, 0.4) is 0 Å². The molecule has 0 fully saturated rings. The van der Waals surface area contributed by atoms with E-state index in [1.54, 1.807) is 5.32 Å². The fourth-order valence-electron chi connectivity index (χ4n) is 1.03. The number of carbonyl (C=O) groups is 2. The molecule has 1 aromatic carbocycles. The second-order valence-electron chi connectivity index (χ2n) is 3.19. The molecule has 17 heavy (non-hydrogen) atoms. The zero-order chi connectivity index (χ0) is 13.0. The van der Waals surface area contributed by atoms with Crippen LogP contribution in [-0.2, 0) is 4.79 Å². The third-order valence-electron chi connectivity index (χ3n) is 1.82. The molecule has 92 valence electrons. The van der Waals surface area contributed by atoms with Crippen LogP contribution in [0.2, 0.25) is 0 Å². The zero-order valence-electron chi connectivity index (χ0n) is 8.87. The molecule has 0 saturated carbocycles. The molecule has 3 N–H and O–H groups in total. The first-order valence-corrected chi connectivity index (χ1v) is 4.62. The van der Waals surface area contributed by atoms with Gasteiger partial charge in [-0.1, -0.05) is 0 Å². The summed E-state index contributed by atoms with van der Waals surface area (Å²) in [5, 5.41) is 1.80. The molecule has 0 aliphatic rings. The van der Waals surface area contributed by atoms with Crippen LogP contribution in [0.1, 0.15) is 6.92 Å². The number of imide groups is 1. The first-order valence-electron chi connectivity index (χ1n) is 4.62. The first-order chi connectivity index (χ1) is 7.90. The van der Waals surface area contributed by atoms with Crippen molar-refractivity contribution in [1.29, 1.82) is 0 Å². The van der Waals surface area contributed by atoms with Crippen LogP contribution in [0.25, 0.3) is 0 Å². The lowest BCUT2D eigenvalue weighted by Gasteiger charge is -2.13. The van der Waals surface area contributed by atoms with Crippen LogP contribution in [0.15, 0.2) is 18.2 Å². The van der Waals surface area contributed by atoms with E-state index in [1.165, 1.54) is 6.92 Å². The summed E-state index contributed by atoms with van der Waals surface area (Å²) in [4.78, 5) is 21.6. The highest BCUT2D eigenvalue weighted by Crippen LogP contribution is 2.16. The highest BCUT2D eigenvalue weighted by molar-refractivity contribution is 5.95. The van der Waals surface area contributed by atoms with Crippen molar-refractivity contribution in [3.8, 4) is 5.75 Å². The SMILES string of the molecule is C[C@H](Oc1ccc(F)c(F)c1)C(=O)NC(N)=O. The van der Waals surface area contributed by atoms with Crippen LogP contribution < -0.4 is 15.8 Å². The number of ether oxygens (including phenoxy) is 1. The molecule has 0 bridgehead atoms. The molecule has 1 aromatic rings. The third kappa shape index (κ3) is 3.71. The van der Waals surface area contributed by atoms with Crippen molar-refractivity contribution in [2.24, 2.45) is 5.73 Å². The summed E-state index contributed by atoms with van der Waals surface area (Å²) in [5.74, 6) is -2.92. The van der Waals surface area contributed by atoms with E-state index in [4.69, 9.17) is 10.5 Å². The molecule has 0 heterocycles. The summed E-state index contributed by atoms with van der Waals surface area (Å²) in [6.07, 6.45) is -1.06. The van der Waals surface area contributed by atoms with E-state index in [1.807, 2.05) is 0 Å². The van der Waals surface area contributed by atoms with Gasteiger partial charge < -0.3 is 10.5 Å². The van der Waals surface area contributed by atoms with Crippen molar-refractivity contribution in [2.45, 2.75) is 13.0 Å². The van der Waals surface area contributed by atoms with E-state index >= 15 is 0 Å². The number of hydrogen-bond acceptors (Lipinski definition) is 3. The lowest BCUT2D eigenvalue weighted by Crippen LogP contribution is -2.42. The number of primary amides is 1. The molecule has 3 amide bonds. The lowest BCUT2D eigenvalue weighted by atomic mass is 10.3. The van der Waals surface area contributed by atoms with Crippen molar-refractivity contribution in [3.05, 3.63) is 29.8 Å². The van der Waals surface area contributed by atoms with Crippen LogP contribution >= 0.6 is 0 Å². The maximum absolute atomic E-state index is 12.8. The Morgan fingerprint density at radius 2 is 2.00 bits per heavy atom. The Hall–Kier alpha value is -2.18. The van der Waals surface area contributed by atoms with Crippen molar-refractivity contribution >= 4 is 11.9 Å². The van der Waals surface area contributed by atoms with Crippen molar-refractivity contribution < 1.29 is 23.1 Å². The van der Waals surface area contributed by atoms with E-state index in [-0.39, 0.29) is 5.75 Å². The van der Waals surface area contributed by atoms with Gasteiger partial charge in [-0.2, -0.15) is 0 Å². The number of nitrogens with two attached hydrogens (primary N) is 1. The first kappa shape index (κ1) is 12.9. The second-order valence-corrected chi connectivity index (χ2v) is 3.19. The Bertz CT molecular complexity index is 451. The molecule has 5 nitrogen and oxygen atoms in total. The minimum Gasteiger partial charge on any atom is -0.481 e. The minimum absolute atomic E-state index is 0.0315. The molecule has 0 unspecified atom stereocenters. The van der Waals surface area contributed by atoms with Crippen molar-refractivity contribution in [3.63, 3.8) is 0 Å². The maximum Gasteiger partial charge on any atom is 0.318 e. The number of urea groups is 1. The highest BCUT2D eigenvalue weighted by Gasteiger charge is 2.16. The minimum atomic E-state index is -1.09. The molecule has 1 atom stereocenters. The largest absolute Gasteiger partial charge is 0.481 e. The topological polar surface area (TPSA) is 81.4 Å². The summed E-state index contributed by atoms with van der Waals surface area (Å²) in [6, 6.07) is 1.80. The summed E-state index contributed by atoms with van der Waals surface area (Å²) in [6.45, 7) is 1.33. The summed E-state index contributed by atoms with van der Waals surface area (Å²) >= 11 is 0. The van der Waals surface area contributed by atoms with E-state index in [0.29, 0.717) is 0 Å². The summed E-state index contributed by atoms with van der Waals surface area (Å²) in [7, 11) is 0.